The highest BCUT2D eigenvalue weighted by atomic mass is 16.7. The second-order valence-corrected chi connectivity index (χ2v) is 9.23. The van der Waals surface area contributed by atoms with Gasteiger partial charge in [-0.05, 0) is 72.7 Å². The molecule has 0 spiro atoms. The van der Waals surface area contributed by atoms with Gasteiger partial charge in [-0.15, -0.1) is 0 Å². The fourth-order valence-corrected chi connectivity index (χ4v) is 3.58. The molecule has 24 heavy (non-hydrogen) atoms. The Morgan fingerprint density at radius 1 is 1.21 bits per heavy atom. The van der Waals surface area contributed by atoms with E-state index in [0.717, 1.165) is 12.8 Å². The topological polar surface area (TPSA) is 48.0 Å². The molecule has 0 saturated carbocycles. The number of carbonyl (C=O) groups is 1. The van der Waals surface area contributed by atoms with Gasteiger partial charge in [0.25, 0.3) is 0 Å². The third-order valence-corrected chi connectivity index (χ3v) is 5.64. The summed E-state index contributed by atoms with van der Waals surface area (Å²) >= 11 is 0. The number of nitrogens with zero attached hydrogens (tertiary/aromatic N) is 1. The van der Waals surface area contributed by atoms with Crippen molar-refractivity contribution in [1.29, 1.82) is 0 Å². The van der Waals surface area contributed by atoms with Gasteiger partial charge >= 0.3 is 13.2 Å². The first-order chi connectivity index (χ1) is 10.9. The van der Waals surface area contributed by atoms with Crippen LogP contribution in [0.2, 0.25) is 0 Å². The SMILES string of the molecule is CC(C)(C)OC(=O)N1CC2CCC1C=C2B1OC(C)(C)C(C)(C)O1. The maximum atomic E-state index is 12.4. The Morgan fingerprint density at radius 3 is 2.25 bits per heavy atom. The molecule has 2 saturated heterocycles. The number of rotatable bonds is 1. The molecule has 5 nitrogen and oxygen atoms in total. The summed E-state index contributed by atoms with van der Waals surface area (Å²) in [7, 11) is -0.302. The second kappa shape index (κ2) is 5.50. The summed E-state index contributed by atoms with van der Waals surface area (Å²) in [6.45, 7) is 14.7. The van der Waals surface area contributed by atoms with Crippen LogP contribution in [0.15, 0.2) is 11.5 Å². The van der Waals surface area contributed by atoms with E-state index in [-0.39, 0.29) is 36.4 Å². The van der Waals surface area contributed by atoms with Crippen LogP contribution in [0.5, 0.6) is 0 Å². The van der Waals surface area contributed by atoms with E-state index in [1.165, 1.54) is 5.47 Å². The molecule has 0 radical (unpaired) electrons. The number of hydrogen-bond acceptors (Lipinski definition) is 4. The molecule has 3 aliphatic heterocycles. The van der Waals surface area contributed by atoms with Gasteiger partial charge in [0.1, 0.15) is 5.60 Å². The van der Waals surface area contributed by atoms with Crippen LogP contribution in [0, 0.1) is 5.92 Å². The molecule has 2 fully saturated rings. The highest BCUT2D eigenvalue weighted by molar-refractivity contribution is 6.54. The molecule has 1 amide bonds. The summed E-state index contributed by atoms with van der Waals surface area (Å²) in [6, 6.07) is 0.0823. The smallest absolute Gasteiger partial charge is 0.444 e. The largest absolute Gasteiger partial charge is 0.490 e. The van der Waals surface area contributed by atoms with Gasteiger partial charge in [0, 0.05) is 6.54 Å². The second-order valence-electron chi connectivity index (χ2n) is 9.23. The standard InChI is InChI=1S/C18H30BNO4/c1-16(2,3)22-15(21)20-11-12-8-9-13(20)10-14(12)19-23-17(4,5)18(6,7)24-19/h10,12-13H,8-9,11H2,1-7H3. The van der Waals surface area contributed by atoms with Crippen LogP contribution in [-0.4, -0.2) is 47.5 Å². The zero-order valence-corrected chi connectivity index (χ0v) is 16.0. The molecule has 4 aliphatic rings. The molecule has 0 aromatic rings. The number of amides is 1. The Bertz CT molecular complexity index is 548. The van der Waals surface area contributed by atoms with Crippen LogP contribution in [0.3, 0.4) is 0 Å². The quantitative estimate of drug-likeness (QED) is 0.687. The number of carbonyl (C=O) groups excluding carboxylic acids is 1. The van der Waals surface area contributed by atoms with Crippen molar-refractivity contribution in [2.75, 3.05) is 6.54 Å². The van der Waals surface area contributed by atoms with Gasteiger partial charge in [0.2, 0.25) is 0 Å². The van der Waals surface area contributed by atoms with E-state index >= 15 is 0 Å². The van der Waals surface area contributed by atoms with E-state index in [0.29, 0.717) is 6.54 Å². The summed E-state index contributed by atoms with van der Waals surface area (Å²) in [5, 5.41) is 0. The summed E-state index contributed by atoms with van der Waals surface area (Å²) in [5.74, 6) is 0.289. The van der Waals surface area contributed by atoms with Gasteiger partial charge in [0.15, 0.2) is 0 Å². The predicted octanol–water partition coefficient (Wildman–Crippen LogP) is 3.57. The van der Waals surface area contributed by atoms with E-state index in [9.17, 15) is 4.79 Å². The van der Waals surface area contributed by atoms with E-state index in [1.807, 2.05) is 25.7 Å². The summed E-state index contributed by atoms with van der Waals surface area (Å²) in [4.78, 5) is 14.3. The minimum absolute atomic E-state index is 0.0823. The fourth-order valence-electron chi connectivity index (χ4n) is 3.58. The first kappa shape index (κ1) is 17.8. The molecule has 1 aliphatic carbocycles. The van der Waals surface area contributed by atoms with Gasteiger partial charge in [-0.2, -0.15) is 0 Å². The van der Waals surface area contributed by atoms with E-state index in [2.05, 4.69) is 33.8 Å². The Kier molecular flexibility index (Phi) is 4.08. The first-order valence-electron chi connectivity index (χ1n) is 8.96. The molecule has 2 unspecified atom stereocenters. The van der Waals surface area contributed by atoms with Gasteiger partial charge in [0.05, 0.1) is 17.2 Å². The average molecular weight is 335 g/mol. The van der Waals surface area contributed by atoms with E-state index in [1.54, 1.807) is 0 Å². The van der Waals surface area contributed by atoms with Crippen molar-refractivity contribution in [1.82, 2.24) is 4.90 Å². The fraction of sp³-hybridized carbons (Fsp3) is 0.833. The Hall–Kier alpha value is -1.01. The van der Waals surface area contributed by atoms with Crippen molar-refractivity contribution in [2.24, 2.45) is 5.92 Å². The molecule has 134 valence electrons. The minimum atomic E-state index is -0.466. The highest BCUT2D eigenvalue weighted by Gasteiger charge is 2.55. The lowest BCUT2D eigenvalue weighted by Gasteiger charge is -2.44. The predicted molar refractivity (Wildman–Crippen MR) is 93.6 cm³/mol. The van der Waals surface area contributed by atoms with Crippen molar-refractivity contribution >= 4 is 13.2 Å². The molecule has 4 rings (SSSR count). The van der Waals surface area contributed by atoms with Crippen LogP contribution >= 0.6 is 0 Å². The average Bonchev–Trinajstić information content (AvgIpc) is 2.66. The van der Waals surface area contributed by atoms with Crippen molar-refractivity contribution in [3.63, 3.8) is 0 Å². The van der Waals surface area contributed by atoms with Crippen LogP contribution in [0.25, 0.3) is 0 Å². The lowest BCUT2D eigenvalue weighted by molar-refractivity contribution is 0.00578. The lowest BCUT2D eigenvalue weighted by atomic mass is 9.63. The zero-order valence-electron chi connectivity index (χ0n) is 16.0. The Labute approximate surface area is 145 Å². The van der Waals surface area contributed by atoms with Crippen LogP contribution in [-0.2, 0) is 14.0 Å². The molecular weight excluding hydrogens is 305 g/mol. The van der Waals surface area contributed by atoms with Crippen molar-refractivity contribution in [2.45, 2.75) is 84.2 Å². The highest BCUT2D eigenvalue weighted by Crippen LogP contribution is 2.44. The first-order valence-corrected chi connectivity index (χ1v) is 8.96. The normalized spacial score (nSPS) is 31.2. The van der Waals surface area contributed by atoms with Gasteiger partial charge in [-0.25, -0.2) is 4.79 Å². The van der Waals surface area contributed by atoms with Gasteiger partial charge < -0.3 is 18.9 Å². The molecule has 0 aromatic carbocycles. The molecule has 6 heteroatoms. The lowest BCUT2D eigenvalue weighted by Crippen LogP contribution is -2.53. The van der Waals surface area contributed by atoms with E-state index in [4.69, 9.17) is 14.0 Å². The Morgan fingerprint density at radius 2 is 1.79 bits per heavy atom. The number of piperidine rings is 1. The number of hydrogen-bond donors (Lipinski definition) is 0. The Balaban J connectivity index is 1.76. The van der Waals surface area contributed by atoms with Crippen molar-refractivity contribution in [3.05, 3.63) is 11.5 Å². The maximum absolute atomic E-state index is 12.4. The van der Waals surface area contributed by atoms with Gasteiger partial charge in [-0.1, -0.05) is 6.08 Å². The monoisotopic (exact) mass is 335 g/mol. The van der Waals surface area contributed by atoms with Crippen LogP contribution < -0.4 is 0 Å². The van der Waals surface area contributed by atoms with Crippen molar-refractivity contribution in [3.8, 4) is 0 Å². The molecule has 2 atom stereocenters. The van der Waals surface area contributed by atoms with Crippen LogP contribution in [0.1, 0.15) is 61.3 Å². The zero-order chi connectivity index (χ0) is 17.9. The van der Waals surface area contributed by atoms with Crippen molar-refractivity contribution < 1.29 is 18.8 Å². The summed E-state index contributed by atoms with van der Waals surface area (Å²) in [5.41, 5.74) is 0.0660. The number of fused-ring (bicyclic) bond motifs is 2. The summed E-state index contributed by atoms with van der Waals surface area (Å²) in [6.07, 6.45) is 4.00. The third-order valence-electron chi connectivity index (χ3n) is 5.64. The molecular formula is C18H30BNO4. The van der Waals surface area contributed by atoms with Crippen LogP contribution in [0.4, 0.5) is 4.79 Å². The number of ether oxygens (including phenoxy) is 1. The van der Waals surface area contributed by atoms with E-state index < -0.39 is 5.60 Å². The molecule has 0 aromatic heterocycles. The van der Waals surface area contributed by atoms with Gasteiger partial charge in [-0.3, -0.25) is 0 Å². The molecule has 3 heterocycles. The maximum Gasteiger partial charge on any atom is 0.490 e. The minimum Gasteiger partial charge on any atom is -0.444 e. The molecule has 2 bridgehead atoms. The third kappa shape index (κ3) is 3.10. The molecule has 0 N–H and O–H groups in total. The summed E-state index contributed by atoms with van der Waals surface area (Å²) < 4.78 is 18.0.